The highest BCUT2D eigenvalue weighted by atomic mass is 32.1. The van der Waals surface area contributed by atoms with Crippen molar-refractivity contribution in [2.45, 2.75) is 6.54 Å². The summed E-state index contributed by atoms with van der Waals surface area (Å²) < 4.78 is 1.39. The number of piperazine rings is 1. The van der Waals surface area contributed by atoms with Crippen LogP contribution in [0.25, 0.3) is 20.7 Å². The molecule has 2 aromatic heterocycles. The van der Waals surface area contributed by atoms with E-state index in [1.165, 1.54) is 22.2 Å². The predicted octanol–water partition coefficient (Wildman–Crippen LogP) is 3.18. The van der Waals surface area contributed by atoms with Gasteiger partial charge in [-0.15, -0.1) is 11.3 Å². The van der Waals surface area contributed by atoms with Crippen molar-refractivity contribution in [3.8, 4) is 16.2 Å². The van der Waals surface area contributed by atoms with Gasteiger partial charge in [0.05, 0.1) is 17.4 Å². The number of carbonyl (C=O) groups excluding carboxylic acids is 1. The zero-order chi connectivity index (χ0) is 22.1. The van der Waals surface area contributed by atoms with Gasteiger partial charge >= 0.3 is 0 Å². The second-order valence-corrected chi connectivity index (χ2v) is 8.76. The minimum absolute atomic E-state index is 0.0329. The molecule has 32 heavy (non-hydrogen) atoms. The standard InChI is InChI=1S/C24H22N4O3S/c29-20-9-5-4-8-19(20)26-10-12-27(13-11-26)22(30)15-28-16-25-23-18(24(28)31)14-21(32-23)17-6-2-1-3-7-17/h1-9,14,16,29H,10-13,15H2. The van der Waals surface area contributed by atoms with Crippen molar-refractivity contribution in [3.05, 3.63) is 77.3 Å². The lowest BCUT2D eigenvalue weighted by Crippen LogP contribution is -2.50. The number of aromatic hydroxyl groups is 1. The molecule has 0 radical (unpaired) electrons. The van der Waals surface area contributed by atoms with Gasteiger partial charge in [-0.1, -0.05) is 42.5 Å². The smallest absolute Gasteiger partial charge is 0.262 e. The molecule has 7 nitrogen and oxygen atoms in total. The Morgan fingerprint density at radius 1 is 1.00 bits per heavy atom. The van der Waals surface area contributed by atoms with E-state index in [2.05, 4.69) is 9.88 Å². The van der Waals surface area contributed by atoms with Gasteiger partial charge in [-0.3, -0.25) is 14.2 Å². The van der Waals surface area contributed by atoms with Crippen LogP contribution in [0.15, 0.2) is 71.8 Å². The van der Waals surface area contributed by atoms with Gasteiger partial charge in [-0.25, -0.2) is 4.98 Å². The molecule has 1 saturated heterocycles. The van der Waals surface area contributed by atoms with Crippen molar-refractivity contribution in [1.82, 2.24) is 14.5 Å². The molecular formula is C24H22N4O3S. The number of phenols is 1. The molecular weight excluding hydrogens is 424 g/mol. The first-order valence-corrected chi connectivity index (χ1v) is 11.3. The van der Waals surface area contributed by atoms with Gasteiger partial charge in [0.1, 0.15) is 17.1 Å². The van der Waals surface area contributed by atoms with Gasteiger partial charge in [0.2, 0.25) is 5.91 Å². The molecule has 8 heteroatoms. The number of aromatic nitrogens is 2. The van der Waals surface area contributed by atoms with Crippen molar-refractivity contribution in [3.63, 3.8) is 0 Å². The summed E-state index contributed by atoms with van der Waals surface area (Å²) in [5.74, 6) is 0.132. The van der Waals surface area contributed by atoms with Crippen LogP contribution in [0.5, 0.6) is 5.75 Å². The first-order valence-electron chi connectivity index (χ1n) is 10.5. The first kappa shape index (κ1) is 20.3. The highest BCUT2D eigenvalue weighted by molar-refractivity contribution is 7.21. The number of para-hydroxylation sites is 2. The van der Waals surface area contributed by atoms with Crippen molar-refractivity contribution in [1.29, 1.82) is 0 Å². The predicted molar refractivity (Wildman–Crippen MR) is 126 cm³/mol. The Bertz CT molecular complexity index is 1320. The summed E-state index contributed by atoms with van der Waals surface area (Å²) in [7, 11) is 0. The molecule has 4 aromatic rings. The van der Waals surface area contributed by atoms with Crippen LogP contribution in [0.2, 0.25) is 0 Å². The Morgan fingerprint density at radius 3 is 2.47 bits per heavy atom. The van der Waals surface area contributed by atoms with E-state index in [0.29, 0.717) is 36.4 Å². The lowest BCUT2D eigenvalue weighted by atomic mass is 10.2. The van der Waals surface area contributed by atoms with Crippen LogP contribution in [-0.4, -0.2) is 51.6 Å². The van der Waals surface area contributed by atoms with Crippen LogP contribution in [0.1, 0.15) is 0 Å². The van der Waals surface area contributed by atoms with E-state index < -0.39 is 0 Å². The Morgan fingerprint density at radius 2 is 1.72 bits per heavy atom. The zero-order valence-electron chi connectivity index (χ0n) is 17.3. The van der Waals surface area contributed by atoms with Gasteiger partial charge < -0.3 is 14.9 Å². The fraction of sp³-hybridized carbons (Fsp3) is 0.208. The molecule has 0 spiro atoms. The number of nitrogens with zero attached hydrogens (tertiary/aromatic N) is 4. The zero-order valence-corrected chi connectivity index (χ0v) is 18.2. The van der Waals surface area contributed by atoms with Crippen LogP contribution in [0.3, 0.4) is 0 Å². The SMILES string of the molecule is O=C(Cn1cnc2sc(-c3ccccc3)cc2c1=O)N1CCN(c2ccccc2O)CC1. The van der Waals surface area contributed by atoms with E-state index in [1.54, 1.807) is 17.0 Å². The molecule has 0 saturated carbocycles. The molecule has 5 rings (SSSR count). The molecule has 1 amide bonds. The lowest BCUT2D eigenvalue weighted by molar-refractivity contribution is -0.132. The van der Waals surface area contributed by atoms with Crippen LogP contribution < -0.4 is 10.5 Å². The van der Waals surface area contributed by atoms with E-state index >= 15 is 0 Å². The molecule has 3 heterocycles. The molecule has 0 aliphatic carbocycles. The van der Waals surface area contributed by atoms with Gasteiger partial charge in [-0.05, 0) is 23.8 Å². The Kier molecular flexibility index (Phi) is 5.36. The largest absolute Gasteiger partial charge is 0.506 e. The monoisotopic (exact) mass is 446 g/mol. The summed E-state index contributed by atoms with van der Waals surface area (Å²) >= 11 is 1.47. The third kappa shape index (κ3) is 3.85. The van der Waals surface area contributed by atoms with Gasteiger partial charge in [0.25, 0.3) is 5.56 Å². The molecule has 162 valence electrons. The van der Waals surface area contributed by atoms with Crippen molar-refractivity contribution < 1.29 is 9.90 Å². The first-order chi connectivity index (χ1) is 15.6. The maximum Gasteiger partial charge on any atom is 0.262 e. The molecule has 0 unspecified atom stereocenters. The molecule has 1 N–H and O–H groups in total. The molecule has 2 aromatic carbocycles. The van der Waals surface area contributed by atoms with Crippen LogP contribution >= 0.6 is 11.3 Å². The van der Waals surface area contributed by atoms with Crippen molar-refractivity contribution in [2.75, 3.05) is 31.1 Å². The van der Waals surface area contributed by atoms with Crippen molar-refractivity contribution >= 4 is 33.1 Å². The molecule has 1 aliphatic rings. The maximum atomic E-state index is 13.0. The summed E-state index contributed by atoms with van der Waals surface area (Å²) in [4.78, 5) is 35.8. The fourth-order valence-electron chi connectivity index (χ4n) is 3.99. The third-order valence-electron chi connectivity index (χ3n) is 5.74. The highest BCUT2D eigenvalue weighted by Gasteiger charge is 2.23. The molecule has 0 bridgehead atoms. The Hall–Kier alpha value is -3.65. The number of carbonyl (C=O) groups is 1. The maximum absolute atomic E-state index is 13.0. The number of benzene rings is 2. The summed E-state index contributed by atoms with van der Waals surface area (Å²) in [5, 5.41) is 10.6. The minimum Gasteiger partial charge on any atom is -0.506 e. The summed E-state index contributed by atoms with van der Waals surface area (Å²) in [5.41, 5.74) is 1.62. The topological polar surface area (TPSA) is 78.7 Å². The molecule has 1 aliphatic heterocycles. The highest BCUT2D eigenvalue weighted by Crippen LogP contribution is 2.30. The molecule has 1 fully saturated rings. The van der Waals surface area contributed by atoms with Crippen LogP contribution in [0.4, 0.5) is 5.69 Å². The third-order valence-corrected chi connectivity index (χ3v) is 6.83. The number of hydrogen-bond acceptors (Lipinski definition) is 6. The summed E-state index contributed by atoms with van der Waals surface area (Å²) in [6.45, 7) is 2.29. The fourth-order valence-corrected chi connectivity index (χ4v) is 4.99. The number of amides is 1. The number of thiophene rings is 1. The van der Waals surface area contributed by atoms with E-state index in [4.69, 9.17) is 0 Å². The number of rotatable bonds is 4. The lowest BCUT2D eigenvalue weighted by Gasteiger charge is -2.36. The van der Waals surface area contributed by atoms with Gasteiger partial charge in [0, 0.05) is 31.1 Å². The van der Waals surface area contributed by atoms with Crippen LogP contribution in [0, 0.1) is 0 Å². The quantitative estimate of drug-likeness (QED) is 0.521. The van der Waals surface area contributed by atoms with E-state index in [-0.39, 0.29) is 23.8 Å². The number of phenolic OH excluding ortho intramolecular Hbond substituents is 1. The van der Waals surface area contributed by atoms with Gasteiger partial charge in [0.15, 0.2) is 0 Å². The van der Waals surface area contributed by atoms with E-state index in [1.807, 2.05) is 48.5 Å². The van der Waals surface area contributed by atoms with Crippen LogP contribution in [-0.2, 0) is 11.3 Å². The summed E-state index contributed by atoms with van der Waals surface area (Å²) in [6, 6.07) is 18.9. The Labute approximate surface area is 188 Å². The van der Waals surface area contributed by atoms with E-state index in [9.17, 15) is 14.7 Å². The Balaban J connectivity index is 1.29. The van der Waals surface area contributed by atoms with E-state index in [0.717, 1.165) is 16.1 Å². The number of fused-ring (bicyclic) bond motifs is 1. The average Bonchev–Trinajstić information content (AvgIpc) is 3.27. The second-order valence-electron chi connectivity index (χ2n) is 7.73. The minimum atomic E-state index is -0.199. The normalized spacial score (nSPS) is 14.1. The number of anilines is 1. The summed E-state index contributed by atoms with van der Waals surface area (Å²) in [6.07, 6.45) is 1.46. The van der Waals surface area contributed by atoms with Crippen molar-refractivity contribution in [2.24, 2.45) is 0 Å². The second kappa shape index (κ2) is 8.47. The molecule has 0 atom stereocenters. The average molecular weight is 447 g/mol. The number of hydrogen-bond donors (Lipinski definition) is 1. The van der Waals surface area contributed by atoms with Gasteiger partial charge in [-0.2, -0.15) is 0 Å².